The molecule has 1 rings (SSSR count). The minimum atomic E-state index is -4.38. The maximum absolute atomic E-state index is 12.5. The Morgan fingerprint density at radius 1 is 1.39 bits per heavy atom. The highest BCUT2D eigenvalue weighted by atomic mass is 32.2. The molecule has 0 bridgehead atoms. The third-order valence-electron chi connectivity index (χ3n) is 2.18. The molecule has 3 nitrogen and oxygen atoms in total. The zero-order valence-corrected chi connectivity index (χ0v) is 10.2. The van der Waals surface area contributed by atoms with Gasteiger partial charge < -0.3 is 11.5 Å². The van der Waals surface area contributed by atoms with E-state index in [-0.39, 0.29) is 5.75 Å². The lowest BCUT2D eigenvalue weighted by Crippen LogP contribution is -2.18. The maximum atomic E-state index is 12.5. The van der Waals surface area contributed by atoms with Crippen LogP contribution in [-0.2, 0) is 11.0 Å². The summed E-state index contributed by atoms with van der Waals surface area (Å²) in [7, 11) is 0. The molecule has 0 saturated heterocycles. The lowest BCUT2D eigenvalue weighted by molar-refractivity contribution is -0.137. The van der Waals surface area contributed by atoms with Crippen molar-refractivity contribution >= 4 is 17.7 Å². The second kappa shape index (κ2) is 6.10. The van der Waals surface area contributed by atoms with Crippen molar-refractivity contribution in [3.63, 3.8) is 0 Å². The average Bonchev–Trinajstić information content (AvgIpc) is 2.27. The summed E-state index contributed by atoms with van der Waals surface area (Å²) >= 11 is 1.20. The first-order chi connectivity index (χ1) is 8.30. The number of halogens is 3. The molecule has 0 saturated carbocycles. The fourth-order valence-electron chi connectivity index (χ4n) is 1.33. The molecule has 4 N–H and O–H groups in total. The summed E-state index contributed by atoms with van der Waals surface area (Å²) in [6, 6.07) is 4.31. The minimum absolute atomic E-state index is 0.104. The molecule has 0 aliphatic carbocycles. The number of carbonyl (C=O) groups is 1. The van der Waals surface area contributed by atoms with Gasteiger partial charge in [0.05, 0.1) is 11.3 Å². The number of rotatable bonds is 5. The van der Waals surface area contributed by atoms with Crippen molar-refractivity contribution in [3.05, 3.63) is 35.4 Å². The van der Waals surface area contributed by atoms with Gasteiger partial charge in [-0.25, -0.2) is 0 Å². The van der Waals surface area contributed by atoms with Gasteiger partial charge in [-0.2, -0.15) is 24.9 Å². The van der Waals surface area contributed by atoms with Crippen LogP contribution in [0.1, 0.15) is 17.2 Å². The van der Waals surface area contributed by atoms with Crippen molar-refractivity contribution in [2.45, 2.75) is 12.2 Å². The van der Waals surface area contributed by atoms with E-state index in [1.807, 2.05) is 0 Å². The summed E-state index contributed by atoms with van der Waals surface area (Å²) < 4.78 is 37.4. The monoisotopic (exact) mass is 278 g/mol. The lowest BCUT2D eigenvalue weighted by Gasteiger charge is -2.13. The molecule has 0 fully saturated rings. The number of hydrogen-bond acceptors (Lipinski definition) is 3. The number of primary amides is 1. The van der Waals surface area contributed by atoms with Crippen LogP contribution in [0.15, 0.2) is 24.3 Å². The molecule has 0 heterocycles. The molecule has 7 heteroatoms. The largest absolute Gasteiger partial charge is 0.416 e. The molecule has 1 unspecified atom stereocenters. The lowest BCUT2D eigenvalue weighted by atomic mass is 10.1. The average molecular weight is 278 g/mol. The molecule has 1 atom stereocenters. The SMILES string of the molecule is NC(=O)CSCC(N)c1cccc(C(F)(F)F)c1. The van der Waals surface area contributed by atoms with Gasteiger partial charge >= 0.3 is 6.18 Å². The van der Waals surface area contributed by atoms with Gasteiger partial charge in [-0.3, -0.25) is 4.79 Å². The Bertz CT molecular complexity index is 423. The van der Waals surface area contributed by atoms with Crippen molar-refractivity contribution in [1.29, 1.82) is 0 Å². The molecular weight excluding hydrogens is 265 g/mol. The van der Waals surface area contributed by atoms with Crippen LogP contribution in [0.2, 0.25) is 0 Å². The fourth-order valence-corrected chi connectivity index (χ4v) is 2.09. The van der Waals surface area contributed by atoms with Crippen LogP contribution in [0.4, 0.5) is 13.2 Å². The Hall–Kier alpha value is -1.21. The van der Waals surface area contributed by atoms with E-state index in [1.165, 1.54) is 23.9 Å². The Labute approximate surface area is 107 Å². The molecule has 0 radical (unpaired) electrons. The van der Waals surface area contributed by atoms with Gasteiger partial charge in [0, 0.05) is 11.8 Å². The van der Waals surface area contributed by atoms with Crippen molar-refractivity contribution in [2.75, 3.05) is 11.5 Å². The first-order valence-corrected chi connectivity index (χ1v) is 6.25. The van der Waals surface area contributed by atoms with E-state index in [4.69, 9.17) is 11.5 Å². The van der Waals surface area contributed by atoms with E-state index in [0.717, 1.165) is 12.1 Å². The molecule has 0 aliphatic rings. The number of carbonyl (C=O) groups excluding carboxylic acids is 1. The summed E-state index contributed by atoms with van der Waals surface area (Å²) in [5, 5.41) is 0. The van der Waals surface area contributed by atoms with E-state index >= 15 is 0 Å². The van der Waals surface area contributed by atoms with Crippen molar-refractivity contribution in [2.24, 2.45) is 11.5 Å². The predicted molar refractivity (Wildman–Crippen MR) is 64.9 cm³/mol. The van der Waals surface area contributed by atoms with Gasteiger partial charge in [-0.15, -0.1) is 0 Å². The zero-order valence-electron chi connectivity index (χ0n) is 9.41. The molecule has 1 aromatic carbocycles. The second-order valence-corrected chi connectivity index (χ2v) is 4.74. The van der Waals surface area contributed by atoms with Crippen LogP contribution in [0, 0.1) is 0 Å². The first kappa shape index (κ1) is 14.8. The van der Waals surface area contributed by atoms with E-state index in [9.17, 15) is 18.0 Å². The number of nitrogens with two attached hydrogens (primary N) is 2. The zero-order chi connectivity index (χ0) is 13.8. The summed E-state index contributed by atoms with van der Waals surface area (Å²) in [5.41, 5.74) is 10.4. The maximum Gasteiger partial charge on any atom is 0.416 e. The fraction of sp³-hybridized carbons (Fsp3) is 0.364. The minimum Gasteiger partial charge on any atom is -0.369 e. The van der Waals surface area contributed by atoms with E-state index in [0.29, 0.717) is 11.3 Å². The van der Waals surface area contributed by atoms with Crippen LogP contribution in [0.25, 0.3) is 0 Å². The van der Waals surface area contributed by atoms with Gasteiger partial charge in [-0.1, -0.05) is 12.1 Å². The normalized spacial score (nSPS) is 13.3. The van der Waals surface area contributed by atoms with E-state index in [1.54, 1.807) is 0 Å². The van der Waals surface area contributed by atoms with E-state index in [2.05, 4.69) is 0 Å². The van der Waals surface area contributed by atoms with Crippen molar-refractivity contribution in [3.8, 4) is 0 Å². The van der Waals surface area contributed by atoms with Crippen LogP contribution in [-0.4, -0.2) is 17.4 Å². The molecule has 0 aromatic heterocycles. The van der Waals surface area contributed by atoms with Gasteiger partial charge in [0.25, 0.3) is 0 Å². The van der Waals surface area contributed by atoms with Gasteiger partial charge in [0.1, 0.15) is 0 Å². The van der Waals surface area contributed by atoms with E-state index < -0.39 is 23.7 Å². The Kier molecular flexibility index (Phi) is 5.03. The topological polar surface area (TPSA) is 69.1 Å². The summed E-state index contributed by atoms with van der Waals surface area (Å²) in [6.45, 7) is 0. The number of benzene rings is 1. The number of hydrogen-bond donors (Lipinski definition) is 2. The quantitative estimate of drug-likeness (QED) is 0.864. The number of amides is 1. The number of thioether (sulfide) groups is 1. The van der Waals surface area contributed by atoms with Gasteiger partial charge in [0.2, 0.25) is 5.91 Å². The molecule has 100 valence electrons. The van der Waals surface area contributed by atoms with Crippen molar-refractivity contribution < 1.29 is 18.0 Å². The molecule has 1 amide bonds. The first-order valence-electron chi connectivity index (χ1n) is 5.09. The molecule has 18 heavy (non-hydrogen) atoms. The highest BCUT2D eigenvalue weighted by Gasteiger charge is 2.30. The predicted octanol–water partition coefficient (Wildman–Crippen LogP) is 1.92. The smallest absolute Gasteiger partial charge is 0.369 e. The molecule has 0 spiro atoms. The molecule has 1 aromatic rings. The van der Waals surface area contributed by atoms with Crippen LogP contribution >= 0.6 is 11.8 Å². The highest BCUT2D eigenvalue weighted by Crippen LogP contribution is 2.30. The van der Waals surface area contributed by atoms with Crippen LogP contribution in [0.5, 0.6) is 0 Å². The summed E-state index contributed by atoms with van der Waals surface area (Å²) in [6.07, 6.45) is -4.38. The van der Waals surface area contributed by atoms with Crippen molar-refractivity contribution in [1.82, 2.24) is 0 Å². The second-order valence-electron chi connectivity index (χ2n) is 3.71. The summed E-state index contributed by atoms with van der Waals surface area (Å²) in [4.78, 5) is 10.5. The van der Waals surface area contributed by atoms with Gasteiger partial charge in [0.15, 0.2) is 0 Å². The standard InChI is InChI=1S/C11H13F3N2OS/c12-11(13,14)8-3-1-2-7(4-8)9(15)5-18-6-10(16)17/h1-4,9H,5-6,15H2,(H2,16,17). The Balaban J connectivity index is 2.68. The van der Waals surface area contributed by atoms with Gasteiger partial charge in [-0.05, 0) is 17.7 Å². The third kappa shape index (κ3) is 4.58. The Morgan fingerprint density at radius 2 is 2.06 bits per heavy atom. The van der Waals surface area contributed by atoms with Crippen LogP contribution < -0.4 is 11.5 Å². The molecule has 0 aliphatic heterocycles. The number of alkyl halides is 3. The van der Waals surface area contributed by atoms with Crippen LogP contribution in [0.3, 0.4) is 0 Å². The Morgan fingerprint density at radius 3 is 2.61 bits per heavy atom. The summed E-state index contributed by atoms with van der Waals surface area (Å²) in [5.74, 6) is -0.0343. The third-order valence-corrected chi connectivity index (χ3v) is 3.27. The molecular formula is C11H13F3N2OS. The highest BCUT2D eigenvalue weighted by molar-refractivity contribution is 7.99.